The van der Waals surface area contributed by atoms with Crippen LogP contribution in [0.5, 0.6) is 0 Å². The molecule has 0 radical (unpaired) electrons. The van der Waals surface area contributed by atoms with Crippen LogP contribution in [0.15, 0.2) is 17.0 Å². The van der Waals surface area contributed by atoms with Crippen molar-refractivity contribution in [1.82, 2.24) is 14.5 Å². The number of sulfonamides is 1. The maximum atomic E-state index is 13.2. The lowest BCUT2D eigenvalue weighted by molar-refractivity contribution is 0.131. The predicted molar refractivity (Wildman–Crippen MR) is 115 cm³/mol. The molecule has 0 aromatic heterocycles. The number of hydrogen-bond acceptors (Lipinski definition) is 4. The Balaban J connectivity index is 1.71. The maximum absolute atomic E-state index is 13.2. The van der Waals surface area contributed by atoms with Crippen LogP contribution in [0, 0.1) is 19.3 Å². The lowest BCUT2D eigenvalue weighted by atomic mass is 9.85. The van der Waals surface area contributed by atoms with E-state index in [1.165, 1.54) is 0 Å². The van der Waals surface area contributed by atoms with Gasteiger partial charge in [-0.1, -0.05) is 26.8 Å². The molecule has 1 saturated carbocycles. The number of nitrogens with one attached hydrogen (secondary N) is 1. The standard InChI is InChI=1S/C22H37N3O2S/c1-17-13-19(21(3,4)5)14-20(18(17)2)28(26,27)23-15-22(7-8-22)16-25-11-9-24(6)10-12-25/h13-14,23H,7-12,15-16H2,1-6H3. The molecule has 158 valence electrons. The first-order valence-electron chi connectivity index (χ1n) is 10.4. The normalized spacial score (nSPS) is 21.1. The largest absolute Gasteiger partial charge is 0.304 e. The molecule has 1 N–H and O–H groups in total. The van der Waals surface area contributed by atoms with E-state index in [0.29, 0.717) is 11.4 Å². The zero-order valence-corrected chi connectivity index (χ0v) is 19.2. The van der Waals surface area contributed by atoms with Crippen molar-refractivity contribution in [3.8, 4) is 0 Å². The number of piperazine rings is 1. The summed E-state index contributed by atoms with van der Waals surface area (Å²) < 4.78 is 29.3. The van der Waals surface area contributed by atoms with Gasteiger partial charge in [0.1, 0.15) is 0 Å². The predicted octanol–water partition coefficient (Wildman–Crippen LogP) is 2.91. The fraction of sp³-hybridized carbons (Fsp3) is 0.727. The Morgan fingerprint density at radius 3 is 2.21 bits per heavy atom. The van der Waals surface area contributed by atoms with Crippen LogP contribution < -0.4 is 4.72 Å². The molecule has 0 unspecified atom stereocenters. The number of aryl methyl sites for hydroxylation is 1. The van der Waals surface area contributed by atoms with E-state index >= 15 is 0 Å². The minimum Gasteiger partial charge on any atom is -0.304 e. The lowest BCUT2D eigenvalue weighted by Crippen LogP contribution is -2.47. The minimum absolute atomic E-state index is 0.0815. The van der Waals surface area contributed by atoms with Crippen molar-refractivity contribution in [2.75, 3.05) is 46.3 Å². The summed E-state index contributed by atoms with van der Waals surface area (Å²) in [4.78, 5) is 5.29. The quantitative estimate of drug-likeness (QED) is 0.788. The molecule has 1 heterocycles. The van der Waals surface area contributed by atoms with E-state index in [9.17, 15) is 8.42 Å². The number of benzene rings is 1. The van der Waals surface area contributed by atoms with Crippen LogP contribution in [0.2, 0.25) is 0 Å². The molecule has 1 saturated heterocycles. The first-order chi connectivity index (χ1) is 12.9. The minimum atomic E-state index is -3.52. The third kappa shape index (κ3) is 4.96. The van der Waals surface area contributed by atoms with Crippen LogP contribution in [0.3, 0.4) is 0 Å². The van der Waals surface area contributed by atoms with Crippen molar-refractivity contribution in [2.45, 2.75) is 57.8 Å². The lowest BCUT2D eigenvalue weighted by Gasteiger charge is -2.35. The van der Waals surface area contributed by atoms with Gasteiger partial charge in [-0.3, -0.25) is 0 Å². The van der Waals surface area contributed by atoms with Crippen LogP contribution in [0.1, 0.15) is 50.3 Å². The van der Waals surface area contributed by atoms with Gasteiger partial charge in [-0.15, -0.1) is 0 Å². The highest BCUT2D eigenvalue weighted by atomic mass is 32.2. The number of nitrogens with zero attached hydrogens (tertiary/aromatic N) is 2. The monoisotopic (exact) mass is 407 g/mol. The van der Waals surface area contributed by atoms with Crippen molar-refractivity contribution < 1.29 is 8.42 Å². The molecule has 3 rings (SSSR count). The fourth-order valence-electron chi connectivity index (χ4n) is 3.91. The summed E-state index contributed by atoms with van der Waals surface area (Å²) in [6, 6.07) is 3.98. The Hall–Kier alpha value is -0.950. The van der Waals surface area contributed by atoms with E-state index < -0.39 is 10.0 Å². The second-order valence-corrected chi connectivity index (χ2v) is 11.8. The van der Waals surface area contributed by atoms with Crippen molar-refractivity contribution in [1.29, 1.82) is 0 Å². The Kier molecular flexibility index (Phi) is 5.99. The van der Waals surface area contributed by atoms with Gasteiger partial charge < -0.3 is 9.80 Å². The summed E-state index contributed by atoms with van der Waals surface area (Å²) in [6.07, 6.45) is 2.23. The van der Waals surface area contributed by atoms with Crippen LogP contribution in [-0.2, 0) is 15.4 Å². The van der Waals surface area contributed by atoms with E-state index in [1.54, 1.807) is 0 Å². The van der Waals surface area contributed by atoms with Gasteiger partial charge in [0.15, 0.2) is 0 Å². The molecule has 1 aliphatic carbocycles. The Morgan fingerprint density at radius 2 is 1.68 bits per heavy atom. The molecule has 0 amide bonds. The molecule has 1 aromatic rings. The van der Waals surface area contributed by atoms with E-state index in [1.807, 2.05) is 19.9 Å². The Morgan fingerprint density at radius 1 is 1.07 bits per heavy atom. The van der Waals surface area contributed by atoms with E-state index in [2.05, 4.69) is 48.4 Å². The molecule has 28 heavy (non-hydrogen) atoms. The van der Waals surface area contributed by atoms with Crippen LogP contribution in [0.25, 0.3) is 0 Å². The van der Waals surface area contributed by atoms with Crippen molar-refractivity contribution in [3.05, 3.63) is 28.8 Å². The molecule has 6 heteroatoms. The molecule has 1 aliphatic heterocycles. The molecule has 0 spiro atoms. The molecular formula is C22H37N3O2S. The topological polar surface area (TPSA) is 52.7 Å². The highest BCUT2D eigenvalue weighted by Crippen LogP contribution is 2.46. The summed E-state index contributed by atoms with van der Waals surface area (Å²) in [5, 5.41) is 0. The molecule has 2 fully saturated rings. The molecule has 0 atom stereocenters. The van der Waals surface area contributed by atoms with Crippen LogP contribution >= 0.6 is 0 Å². The maximum Gasteiger partial charge on any atom is 0.240 e. The van der Waals surface area contributed by atoms with E-state index in [-0.39, 0.29) is 10.8 Å². The molecular weight excluding hydrogens is 370 g/mol. The summed E-state index contributed by atoms with van der Waals surface area (Å²) in [5.74, 6) is 0. The third-order valence-electron chi connectivity index (χ3n) is 6.52. The highest BCUT2D eigenvalue weighted by molar-refractivity contribution is 7.89. The van der Waals surface area contributed by atoms with Crippen LogP contribution in [0.4, 0.5) is 0 Å². The van der Waals surface area contributed by atoms with Gasteiger partial charge in [0.05, 0.1) is 4.90 Å². The Labute approximate surface area is 171 Å². The first kappa shape index (κ1) is 21.8. The second kappa shape index (κ2) is 7.71. The van der Waals surface area contributed by atoms with Gasteiger partial charge in [0.2, 0.25) is 10.0 Å². The molecule has 2 aliphatic rings. The van der Waals surface area contributed by atoms with Crippen LogP contribution in [-0.4, -0.2) is 64.5 Å². The zero-order valence-electron chi connectivity index (χ0n) is 18.4. The summed E-state index contributed by atoms with van der Waals surface area (Å²) in [6.45, 7) is 16.2. The van der Waals surface area contributed by atoms with Crippen molar-refractivity contribution in [2.24, 2.45) is 5.41 Å². The summed E-state index contributed by atoms with van der Waals surface area (Å²) in [5.41, 5.74) is 2.99. The van der Waals surface area contributed by atoms with Gasteiger partial charge in [-0.05, 0) is 67.3 Å². The molecule has 5 nitrogen and oxygen atoms in total. The number of hydrogen-bond donors (Lipinski definition) is 1. The number of rotatable bonds is 6. The average molecular weight is 408 g/mol. The Bertz CT molecular complexity index is 815. The molecule has 1 aromatic carbocycles. The fourth-order valence-corrected chi connectivity index (χ4v) is 5.41. The third-order valence-corrected chi connectivity index (χ3v) is 8.05. The highest BCUT2D eigenvalue weighted by Gasteiger charge is 2.44. The van der Waals surface area contributed by atoms with Gasteiger partial charge in [-0.2, -0.15) is 0 Å². The van der Waals surface area contributed by atoms with Crippen molar-refractivity contribution >= 4 is 10.0 Å². The molecule has 0 bridgehead atoms. The van der Waals surface area contributed by atoms with Gasteiger partial charge in [0, 0.05) is 39.3 Å². The van der Waals surface area contributed by atoms with E-state index in [0.717, 1.165) is 62.3 Å². The van der Waals surface area contributed by atoms with Crippen molar-refractivity contribution in [3.63, 3.8) is 0 Å². The smallest absolute Gasteiger partial charge is 0.240 e. The first-order valence-corrected chi connectivity index (χ1v) is 11.9. The van der Waals surface area contributed by atoms with Gasteiger partial charge in [-0.25, -0.2) is 13.1 Å². The SMILES string of the molecule is Cc1cc(C(C)(C)C)cc(S(=O)(=O)NCC2(CN3CCN(C)CC3)CC2)c1C. The van der Waals surface area contributed by atoms with Gasteiger partial charge in [0.25, 0.3) is 0 Å². The van der Waals surface area contributed by atoms with Gasteiger partial charge >= 0.3 is 0 Å². The second-order valence-electron chi connectivity index (χ2n) is 10.1. The van der Waals surface area contributed by atoms with E-state index in [4.69, 9.17) is 0 Å². The summed E-state index contributed by atoms with van der Waals surface area (Å²) >= 11 is 0. The summed E-state index contributed by atoms with van der Waals surface area (Å²) in [7, 11) is -1.35. The average Bonchev–Trinajstić information content (AvgIpc) is 3.36. The number of likely N-dealkylation sites (N-methyl/N-ethyl adjacent to an activating group) is 1. The zero-order chi connectivity index (χ0) is 20.7.